The number of aliphatic carboxylic acids is 4. The molecule has 5 fully saturated rings. The quantitative estimate of drug-likeness (QED) is 0.0886. The van der Waals surface area contributed by atoms with E-state index in [9.17, 15) is 49.8 Å². The van der Waals surface area contributed by atoms with Crippen LogP contribution in [-0.4, -0.2) is 115 Å². The zero-order valence-electron chi connectivity index (χ0n) is 33.6. The first kappa shape index (κ1) is 42.9. The molecule has 15 heteroatoms. The van der Waals surface area contributed by atoms with Crippen molar-refractivity contribution in [3.8, 4) is 0 Å². The Balaban J connectivity index is 1.25. The summed E-state index contributed by atoms with van der Waals surface area (Å²) in [5.41, 5.74) is -0.246. The molecule has 0 radical (unpaired) electrons. The van der Waals surface area contributed by atoms with Gasteiger partial charge < -0.3 is 54.7 Å². The highest BCUT2D eigenvalue weighted by molar-refractivity contribution is 5.77. The number of aliphatic hydroxyl groups is 3. The van der Waals surface area contributed by atoms with Crippen LogP contribution in [0.25, 0.3) is 0 Å². The van der Waals surface area contributed by atoms with Crippen molar-refractivity contribution in [1.29, 1.82) is 0 Å². The second-order valence-corrected chi connectivity index (χ2v) is 19.9. The number of carboxylic acid groups (broad SMARTS) is 4. The summed E-state index contributed by atoms with van der Waals surface area (Å²) in [6.07, 6.45) is -4.44. The lowest BCUT2D eigenvalue weighted by molar-refractivity contribution is -0.345. The number of carboxylic acids is 4. The molecule has 7 N–H and O–H groups in total. The molecule has 56 heavy (non-hydrogen) atoms. The molecule has 6 rings (SSSR count). The lowest BCUT2D eigenvalue weighted by Gasteiger charge is -2.71. The van der Waals surface area contributed by atoms with Gasteiger partial charge in [0.2, 0.25) is 6.10 Å². The second-order valence-electron chi connectivity index (χ2n) is 19.9. The van der Waals surface area contributed by atoms with Gasteiger partial charge in [-0.1, -0.05) is 60.1 Å². The van der Waals surface area contributed by atoms with E-state index in [0.29, 0.717) is 25.2 Å². The Labute approximate surface area is 327 Å². The lowest BCUT2D eigenvalue weighted by atomic mass is 9.33. The van der Waals surface area contributed by atoms with E-state index < -0.39 is 90.5 Å². The summed E-state index contributed by atoms with van der Waals surface area (Å²) in [6, 6.07) is 0. The molecule has 0 aromatic carbocycles. The van der Waals surface area contributed by atoms with E-state index >= 15 is 0 Å². The van der Waals surface area contributed by atoms with Crippen molar-refractivity contribution in [2.24, 2.45) is 50.2 Å². The predicted octanol–water partition coefficient (Wildman–Crippen LogP) is 4.05. The molecule has 0 aromatic rings. The van der Waals surface area contributed by atoms with Crippen molar-refractivity contribution >= 4 is 23.9 Å². The third-order valence-corrected chi connectivity index (χ3v) is 16.3. The number of allylic oxidation sites excluding steroid dienone is 2. The van der Waals surface area contributed by atoms with Gasteiger partial charge in [0.15, 0.2) is 18.7 Å². The molecule has 316 valence electrons. The summed E-state index contributed by atoms with van der Waals surface area (Å²) in [5, 5.41) is 71.6. The van der Waals surface area contributed by atoms with Crippen LogP contribution in [0, 0.1) is 50.2 Å². The molecular weight excluding hydrogens is 732 g/mol. The average molecular weight is 795 g/mol. The van der Waals surface area contributed by atoms with Gasteiger partial charge in [0.25, 0.3) is 0 Å². The summed E-state index contributed by atoms with van der Waals surface area (Å²) >= 11 is 0. The third-order valence-electron chi connectivity index (χ3n) is 16.3. The maximum atomic E-state index is 13.0. The molecule has 0 bridgehead atoms. The average Bonchev–Trinajstić information content (AvgIpc) is 3.09. The van der Waals surface area contributed by atoms with Gasteiger partial charge in [-0.3, -0.25) is 4.79 Å². The molecule has 5 aliphatic carbocycles. The van der Waals surface area contributed by atoms with E-state index in [1.165, 1.54) is 5.57 Å². The zero-order chi connectivity index (χ0) is 41.6. The first-order valence-electron chi connectivity index (χ1n) is 20.1. The molecule has 0 spiro atoms. The Morgan fingerprint density at radius 3 is 2.12 bits per heavy atom. The Kier molecular flexibility index (Phi) is 11.2. The molecule has 4 unspecified atom stereocenters. The molecule has 15 atom stereocenters. The van der Waals surface area contributed by atoms with Gasteiger partial charge in [0.1, 0.15) is 24.9 Å². The van der Waals surface area contributed by atoms with Crippen LogP contribution < -0.4 is 0 Å². The Morgan fingerprint density at radius 2 is 1.52 bits per heavy atom. The number of rotatable bonds is 11. The maximum absolute atomic E-state index is 13.0. The SMILES string of the molecule is CC1(C)CC[C@]2(C(=O)O)CC[C@]3(C)C(=CCC4[C@@]5(C)CC[C@H](O[C@@H]6O[C@H](C(=O)O)[C@@H](O)[C@H](OC(OCC(=O)O)C(O)C(=O)O)[C@H]6O)C(C)(C)C5CC[C@]43C)[C@@H]2C1. The van der Waals surface area contributed by atoms with Gasteiger partial charge in [-0.25, -0.2) is 14.4 Å². The van der Waals surface area contributed by atoms with Gasteiger partial charge in [0.05, 0.1) is 11.5 Å². The summed E-state index contributed by atoms with van der Waals surface area (Å²) in [4.78, 5) is 48.0. The second kappa shape index (κ2) is 14.6. The molecule has 15 nitrogen and oxygen atoms in total. The molecule has 4 saturated carbocycles. The van der Waals surface area contributed by atoms with Crippen LogP contribution in [0.4, 0.5) is 0 Å². The van der Waals surface area contributed by atoms with E-state index in [-0.39, 0.29) is 33.5 Å². The van der Waals surface area contributed by atoms with Crippen molar-refractivity contribution in [3.63, 3.8) is 0 Å². The van der Waals surface area contributed by atoms with E-state index in [1.807, 2.05) is 0 Å². The topological polar surface area (TPSA) is 247 Å². The van der Waals surface area contributed by atoms with Gasteiger partial charge >= 0.3 is 23.9 Å². The molecule has 0 aromatic heterocycles. The van der Waals surface area contributed by atoms with Crippen LogP contribution in [0.15, 0.2) is 11.6 Å². The summed E-state index contributed by atoms with van der Waals surface area (Å²) in [5.74, 6) is -5.22. The van der Waals surface area contributed by atoms with Crippen molar-refractivity contribution in [2.75, 3.05) is 6.61 Å². The Hall–Kier alpha value is -2.66. The number of carbonyl (C=O) groups is 4. The molecule has 1 heterocycles. The van der Waals surface area contributed by atoms with Crippen LogP contribution in [0.2, 0.25) is 0 Å². The molecular formula is C41H62O15. The van der Waals surface area contributed by atoms with Crippen molar-refractivity contribution < 1.29 is 73.9 Å². The number of ether oxygens (including phenoxy) is 4. The summed E-state index contributed by atoms with van der Waals surface area (Å²) in [6.45, 7) is 14.8. The van der Waals surface area contributed by atoms with Gasteiger partial charge in [-0.15, -0.1) is 0 Å². The van der Waals surface area contributed by atoms with Crippen LogP contribution in [0.3, 0.4) is 0 Å². The van der Waals surface area contributed by atoms with Crippen LogP contribution in [0.1, 0.15) is 113 Å². The normalized spacial score (nSPS) is 45.0. The summed E-state index contributed by atoms with van der Waals surface area (Å²) in [7, 11) is 0. The van der Waals surface area contributed by atoms with Gasteiger partial charge in [-0.2, -0.15) is 0 Å². The zero-order valence-corrected chi connectivity index (χ0v) is 33.6. The van der Waals surface area contributed by atoms with E-state index in [0.717, 1.165) is 44.9 Å². The molecule has 1 aliphatic heterocycles. The van der Waals surface area contributed by atoms with Gasteiger partial charge in [0, 0.05) is 0 Å². The minimum Gasteiger partial charge on any atom is -0.481 e. The number of hydrogen-bond donors (Lipinski definition) is 7. The Bertz CT molecular complexity index is 1610. The fourth-order valence-corrected chi connectivity index (χ4v) is 12.9. The fraction of sp³-hybridized carbons (Fsp3) is 0.854. The van der Waals surface area contributed by atoms with Crippen LogP contribution in [0.5, 0.6) is 0 Å². The van der Waals surface area contributed by atoms with E-state index in [2.05, 4.69) is 54.5 Å². The van der Waals surface area contributed by atoms with Crippen molar-refractivity contribution in [3.05, 3.63) is 11.6 Å². The van der Waals surface area contributed by atoms with E-state index in [4.69, 9.17) is 24.1 Å². The number of hydrogen-bond acceptors (Lipinski definition) is 11. The monoisotopic (exact) mass is 794 g/mol. The smallest absolute Gasteiger partial charge is 0.337 e. The van der Waals surface area contributed by atoms with Crippen LogP contribution >= 0.6 is 0 Å². The first-order chi connectivity index (χ1) is 25.9. The maximum Gasteiger partial charge on any atom is 0.337 e. The molecule has 6 aliphatic rings. The van der Waals surface area contributed by atoms with Gasteiger partial charge in [-0.05, 0) is 109 Å². The highest BCUT2D eigenvalue weighted by Gasteiger charge is 2.69. The highest BCUT2D eigenvalue weighted by atomic mass is 16.7. The largest absolute Gasteiger partial charge is 0.481 e. The fourth-order valence-electron chi connectivity index (χ4n) is 12.9. The predicted molar refractivity (Wildman–Crippen MR) is 196 cm³/mol. The minimum atomic E-state index is -2.44. The van der Waals surface area contributed by atoms with Crippen molar-refractivity contribution in [1.82, 2.24) is 0 Å². The van der Waals surface area contributed by atoms with Crippen LogP contribution in [-0.2, 0) is 38.1 Å². The molecule has 0 amide bonds. The minimum absolute atomic E-state index is 0.000609. The lowest BCUT2D eigenvalue weighted by Crippen LogP contribution is -2.66. The molecule has 1 saturated heterocycles. The number of fused-ring (bicyclic) bond motifs is 7. The Morgan fingerprint density at radius 1 is 0.857 bits per heavy atom. The van der Waals surface area contributed by atoms with E-state index in [1.54, 1.807) is 0 Å². The van der Waals surface area contributed by atoms with Crippen molar-refractivity contribution in [2.45, 2.75) is 162 Å². The first-order valence-corrected chi connectivity index (χ1v) is 20.1. The highest BCUT2D eigenvalue weighted by Crippen LogP contribution is 2.76. The summed E-state index contributed by atoms with van der Waals surface area (Å²) < 4.78 is 22.5. The third kappa shape index (κ3) is 6.70. The number of aliphatic hydroxyl groups excluding tert-OH is 3. The standard InChI is InChI=1S/C41H62O15/c1-36(2)14-16-41(35(51)52)17-15-39(6)20(21(41)18-36)8-9-23-38(5)12-11-24(37(3,4)22(38)10-13-40(23,39)7)54-34-27(45)29(26(44)30(56-34)32(49)50)55-33(28(46)31(47)48)53-19-25(42)43/h8,21-24,26-30,33-34,44-46H,9-19H2,1-7H3,(H,42,43)(H,47,48)(H,49,50)(H,51,52)/t21-,22?,23?,24-,26-,27+,28?,29-,30-,33?,34+,38-,39+,40+,41-/m0/s1.